The zero-order valence-corrected chi connectivity index (χ0v) is 9.54. The second-order valence-corrected chi connectivity index (χ2v) is 4.91. The highest BCUT2D eigenvalue weighted by Gasteiger charge is 2.32. The Morgan fingerprint density at radius 3 is 2.60 bits per heavy atom. The molecule has 84 valence electrons. The zero-order chi connectivity index (χ0) is 11.5. The number of hydrogen-bond acceptors (Lipinski definition) is 3. The van der Waals surface area contributed by atoms with E-state index in [0.717, 1.165) is 12.8 Å². The molecule has 0 saturated heterocycles. The highest BCUT2D eigenvalue weighted by Crippen LogP contribution is 2.32. The minimum Gasteiger partial charge on any atom is -0.366 e. The summed E-state index contributed by atoms with van der Waals surface area (Å²) in [5.41, 5.74) is -0.320. The van der Waals surface area contributed by atoms with Crippen molar-refractivity contribution >= 4 is 5.91 Å². The highest BCUT2D eigenvalue weighted by atomic mass is 16.5. The van der Waals surface area contributed by atoms with Crippen molar-refractivity contribution in [3.63, 3.8) is 0 Å². The topological polar surface area (TPSA) is 62.1 Å². The Morgan fingerprint density at radius 2 is 2.20 bits per heavy atom. The van der Waals surface area contributed by atoms with E-state index in [1.54, 1.807) is 0 Å². The molecule has 1 fully saturated rings. The van der Waals surface area contributed by atoms with Gasteiger partial charge in [0.25, 0.3) is 0 Å². The molecule has 0 aromatic rings. The van der Waals surface area contributed by atoms with E-state index >= 15 is 0 Å². The third-order valence-corrected chi connectivity index (χ3v) is 2.19. The van der Waals surface area contributed by atoms with Gasteiger partial charge in [-0.05, 0) is 39.5 Å². The molecule has 4 heteroatoms. The maximum Gasteiger partial charge on any atom is 0.247 e. The first-order valence-corrected chi connectivity index (χ1v) is 5.25. The molecule has 0 heterocycles. The van der Waals surface area contributed by atoms with Crippen molar-refractivity contribution in [1.29, 1.82) is 5.26 Å². The molecule has 1 N–H and O–H groups in total. The van der Waals surface area contributed by atoms with Crippen LogP contribution < -0.4 is 5.32 Å². The van der Waals surface area contributed by atoms with Crippen molar-refractivity contribution < 1.29 is 9.53 Å². The summed E-state index contributed by atoms with van der Waals surface area (Å²) in [6, 6.07) is 1.77. The lowest BCUT2D eigenvalue weighted by Crippen LogP contribution is -2.39. The van der Waals surface area contributed by atoms with Crippen LogP contribution in [0.3, 0.4) is 0 Å². The normalized spacial score (nSPS) is 18.0. The second-order valence-electron chi connectivity index (χ2n) is 4.91. The molecule has 0 spiro atoms. The molecule has 4 nitrogen and oxygen atoms in total. The lowest BCUT2D eigenvalue weighted by Gasteiger charge is -2.19. The van der Waals surface area contributed by atoms with Gasteiger partial charge in [-0.25, -0.2) is 0 Å². The van der Waals surface area contributed by atoms with Crippen LogP contribution in [0.2, 0.25) is 0 Å². The molecule has 1 aliphatic rings. The van der Waals surface area contributed by atoms with E-state index in [1.165, 1.54) is 0 Å². The van der Waals surface area contributed by atoms with Gasteiger partial charge in [-0.2, -0.15) is 5.26 Å². The Kier molecular flexibility index (Phi) is 3.70. The van der Waals surface area contributed by atoms with Crippen molar-refractivity contribution in [2.75, 3.05) is 6.61 Å². The SMILES string of the molecule is CC(C)(C)OCC(=O)NC(C#N)C1CC1. The van der Waals surface area contributed by atoms with E-state index in [0.29, 0.717) is 5.92 Å². The summed E-state index contributed by atoms with van der Waals surface area (Å²) < 4.78 is 5.32. The van der Waals surface area contributed by atoms with Crippen LogP contribution >= 0.6 is 0 Å². The van der Waals surface area contributed by atoms with E-state index in [9.17, 15) is 4.79 Å². The molecular weight excluding hydrogens is 192 g/mol. The zero-order valence-electron chi connectivity index (χ0n) is 9.54. The van der Waals surface area contributed by atoms with E-state index in [4.69, 9.17) is 10.00 Å². The second kappa shape index (κ2) is 4.63. The van der Waals surface area contributed by atoms with E-state index < -0.39 is 0 Å². The Bertz CT molecular complexity index is 271. The van der Waals surface area contributed by atoms with Gasteiger partial charge in [0, 0.05) is 0 Å². The van der Waals surface area contributed by atoms with Crippen LogP contribution in [-0.4, -0.2) is 24.2 Å². The van der Waals surface area contributed by atoms with Crippen LogP contribution in [0.5, 0.6) is 0 Å². The quantitative estimate of drug-likeness (QED) is 0.758. The number of carbonyl (C=O) groups is 1. The molecule has 0 aromatic heterocycles. The summed E-state index contributed by atoms with van der Waals surface area (Å²) in [4.78, 5) is 11.4. The monoisotopic (exact) mass is 210 g/mol. The first-order valence-electron chi connectivity index (χ1n) is 5.25. The van der Waals surface area contributed by atoms with Gasteiger partial charge in [0.05, 0.1) is 11.7 Å². The summed E-state index contributed by atoms with van der Waals surface area (Å²) >= 11 is 0. The first kappa shape index (κ1) is 12.0. The fourth-order valence-corrected chi connectivity index (χ4v) is 1.18. The Hall–Kier alpha value is -1.08. The average molecular weight is 210 g/mol. The van der Waals surface area contributed by atoms with Gasteiger partial charge >= 0.3 is 0 Å². The summed E-state index contributed by atoms with van der Waals surface area (Å²) in [6.07, 6.45) is 2.08. The molecule has 1 atom stereocenters. The van der Waals surface area contributed by atoms with Crippen molar-refractivity contribution in [2.45, 2.75) is 45.3 Å². The minimum absolute atomic E-state index is 0.0222. The van der Waals surface area contributed by atoms with Gasteiger partial charge in [0.2, 0.25) is 5.91 Å². The van der Waals surface area contributed by atoms with Crippen molar-refractivity contribution in [1.82, 2.24) is 5.32 Å². The molecule has 0 aromatic carbocycles. The largest absolute Gasteiger partial charge is 0.366 e. The Labute approximate surface area is 90.6 Å². The van der Waals surface area contributed by atoms with Crippen LogP contribution in [0, 0.1) is 17.2 Å². The molecule has 15 heavy (non-hydrogen) atoms. The number of ether oxygens (including phenoxy) is 1. The fourth-order valence-electron chi connectivity index (χ4n) is 1.18. The molecule has 1 saturated carbocycles. The van der Waals surface area contributed by atoms with Crippen LogP contribution in [-0.2, 0) is 9.53 Å². The van der Waals surface area contributed by atoms with Crippen LogP contribution in [0.4, 0.5) is 0 Å². The molecule has 1 amide bonds. The van der Waals surface area contributed by atoms with Gasteiger partial charge in [0.1, 0.15) is 12.6 Å². The number of carbonyl (C=O) groups excluding carboxylic acids is 1. The van der Waals surface area contributed by atoms with Crippen LogP contribution in [0.1, 0.15) is 33.6 Å². The van der Waals surface area contributed by atoms with E-state index in [-0.39, 0.29) is 24.2 Å². The molecule has 1 unspecified atom stereocenters. The Morgan fingerprint density at radius 1 is 1.60 bits per heavy atom. The van der Waals surface area contributed by atoms with Gasteiger partial charge in [-0.3, -0.25) is 4.79 Å². The molecule has 0 bridgehead atoms. The summed E-state index contributed by atoms with van der Waals surface area (Å²) in [5, 5.41) is 11.5. The molecule has 0 aliphatic heterocycles. The highest BCUT2D eigenvalue weighted by molar-refractivity contribution is 5.78. The van der Waals surface area contributed by atoms with Crippen molar-refractivity contribution in [3.8, 4) is 6.07 Å². The number of hydrogen-bond donors (Lipinski definition) is 1. The van der Waals surface area contributed by atoms with Crippen LogP contribution in [0.15, 0.2) is 0 Å². The lowest BCUT2D eigenvalue weighted by atomic mass is 10.2. The summed E-state index contributed by atoms with van der Waals surface area (Å²) in [5.74, 6) is 0.150. The van der Waals surface area contributed by atoms with Gasteiger partial charge in [0.15, 0.2) is 0 Å². The standard InChI is InChI=1S/C11H18N2O2/c1-11(2,3)15-7-10(14)13-9(6-12)8-4-5-8/h8-9H,4-5,7H2,1-3H3,(H,13,14). The Balaban J connectivity index is 2.26. The molecular formula is C11H18N2O2. The maximum absolute atomic E-state index is 11.4. The van der Waals surface area contributed by atoms with E-state index in [2.05, 4.69) is 11.4 Å². The number of nitrogens with zero attached hydrogens (tertiary/aromatic N) is 1. The molecule has 0 radical (unpaired) electrons. The molecule has 1 rings (SSSR count). The number of nitrogens with one attached hydrogen (secondary N) is 1. The van der Waals surface area contributed by atoms with Gasteiger partial charge in [-0.15, -0.1) is 0 Å². The first-order chi connectivity index (χ1) is 6.92. The van der Waals surface area contributed by atoms with E-state index in [1.807, 2.05) is 20.8 Å². The van der Waals surface area contributed by atoms with Crippen LogP contribution in [0.25, 0.3) is 0 Å². The number of rotatable bonds is 4. The maximum atomic E-state index is 11.4. The third-order valence-electron chi connectivity index (χ3n) is 2.19. The summed E-state index contributed by atoms with van der Waals surface area (Å²) in [7, 11) is 0. The third kappa shape index (κ3) is 4.80. The summed E-state index contributed by atoms with van der Waals surface area (Å²) in [6.45, 7) is 5.70. The smallest absolute Gasteiger partial charge is 0.247 e. The predicted molar refractivity (Wildman–Crippen MR) is 56.0 cm³/mol. The lowest BCUT2D eigenvalue weighted by molar-refractivity contribution is -0.131. The van der Waals surface area contributed by atoms with Crippen molar-refractivity contribution in [2.24, 2.45) is 5.92 Å². The predicted octanol–water partition coefficient (Wildman–Crippen LogP) is 1.22. The number of amides is 1. The number of nitriles is 1. The van der Waals surface area contributed by atoms with Crippen molar-refractivity contribution in [3.05, 3.63) is 0 Å². The van der Waals surface area contributed by atoms with Gasteiger partial charge in [-0.1, -0.05) is 0 Å². The molecule has 1 aliphatic carbocycles. The average Bonchev–Trinajstić information content (AvgIpc) is 2.93. The fraction of sp³-hybridized carbons (Fsp3) is 0.818. The van der Waals surface area contributed by atoms with Gasteiger partial charge < -0.3 is 10.1 Å². The minimum atomic E-state index is -0.332.